The molecule has 25 heavy (non-hydrogen) atoms. The molecule has 1 heterocycles. The predicted molar refractivity (Wildman–Crippen MR) is 97.1 cm³/mol. The van der Waals surface area contributed by atoms with Crippen LogP contribution in [0.4, 0.5) is 0 Å². The summed E-state index contributed by atoms with van der Waals surface area (Å²) in [6.07, 6.45) is 12.4. The third-order valence-corrected chi connectivity index (χ3v) is 8.05. The quantitative estimate of drug-likeness (QED) is 0.851. The lowest BCUT2D eigenvalue weighted by Gasteiger charge is -2.54. The summed E-state index contributed by atoms with van der Waals surface area (Å²) in [6.45, 7) is 3.40. The number of rotatable bonds is 4. The summed E-state index contributed by atoms with van der Waals surface area (Å²) in [5, 5.41) is 3.53. The average molecular weight is 347 g/mol. The van der Waals surface area contributed by atoms with E-state index < -0.39 is 0 Å². The Morgan fingerprint density at radius 2 is 1.68 bits per heavy atom. The number of hydrogen-bond acceptors (Lipinski definition) is 3. The molecule has 0 aromatic rings. The number of carbonyl (C=O) groups excluding carboxylic acids is 1. The van der Waals surface area contributed by atoms with Crippen molar-refractivity contribution in [3.05, 3.63) is 0 Å². The first-order valence-corrected chi connectivity index (χ1v) is 10.9. The summed E-state index contributed by atoms with van der Waals surface area (Å²) < 4.78 is 5.70. The Morgan fingerprint density at radius 1 is 1.00 bits per heavy atom. The molecule has 0 unspecified atom stereocenters. The molecule has 4 bridgehead atoms. The Labute approximate surface area is 152 Å². The van der Waals surface area contributed by atoms with Crippen LogP contribution in [0.25, 0.3) is 0 Å². The lowest BCUT2D eigenvalue weighted by molar-refractivity contribution is -0.136. The van der Waals surface area contributed by atoms with Crippen LogP contribution in [0.2, 0.25) is 0 Å². The highest BCUT2D eigenvalue weighted by molar-refractivity contribution is 5.82. The van der Waals surface area contributed by atoms with Crippen LogP contribution in [-0.4, -0.2) is 49.2 Å². The number of morpholine rings is 1. The lowest BCUT2D eigenvalue weighted by Crippen LogP contribution is -2.61. The Kier molecular flexibility index (Phi) is 4.53. The van der Waals surface area contributed by atoms with E-state index in [1.165, 1.54) is 57.8 Å². The Balaban J connectivity index is 1.23. The zero-order valence-corrected chi connectivity index (χ0v) is 15.5. The maximum atomic E-state index is 13.1. The minimum atomic E-state index is -0.0495. The molecule has 1 saturated heterocycles. The van der Waals surface area contributed by atoms with E-state index >= 15 is 0 Å². The monoisotopic (exact) mass is 346 g/mol. The fourth-order valence-electron chi connectivity index (χ4n) is 7.04. The van der Waals surface area contributed by atoms with E-state index in [9.17, 15) is 4.79 Å². The van der Waals surface area contributed by atoms with Crippen LogP contribution < -0.4 is 5.32 Å². The van der Waals surface area contributed by atoms with Gasteiger partial charge in [-0.15, -0.1) is 0 Å². The van der Waals surface area contributed by atoms with Gasteiger partial charge in [0.25, 0.3) is 0 Å². The van der Waals surface area contributed by atoms with Crippen molar-refractivity contribution < 1.29 is 9.53 Å². The normalized spacial score (nSPS) is 44.3. The topological polar surface area (TPSA) is 41.6 Å². The summed E-state index contributed by atoms with van der Waals surface area (Å²) in [5.74, 6) is 4.51. The standard InChI is InChI=1S/C21H34N2O2/c24-21(19-13-25-6-5-23(19)12-14-3-1-2-4-14)22-20-17-8-15-7-16(10-17)11-18(20)9-15/h14-20H,1-13H2,(H,22,24)/t15?,16?,17?,18?,19-,20?/m1/s1. The molecule has 140 valence electrons. The minimum absolute atomic E-state index is 0.0495. The molecule has 4 nitrogen and oxygen atoms in total. The largest absolute Gasteiger partial charge is 0.378 e. The first kappa shape index (κ1) is 16.6. The molecular weight excluding hydrogens is 312 g/mol. The van der Waals surface area contributed by atoms with Crippen molar-refractivity contribution in [2.24, 2.45) is 29.6 Å². The second-order valence-electron chi connectivity index (χ2n) is 9.70. The van der Waals surface area contributed by atoms with Crippen LogP contribution in [0, 0.1) is 29.6 Å². The Hall–Kier alpha value is -0.610. The van der Waals surface area contributed by atoms with Gasteiger partial charge in [0.1, 0.15) is 6.04 Å². The highest BCUT2D eigenvalue weighted by atomic mass is 16.5. The van der Waals surface area contributed by atoms with Crippen molar-refractivity contribution in [1.82, 2.24) is 10.2 Å². The van der Waals surface area contributed by atoms with E-state index in [2.05, 4.69) is 10.2 Å². The maximum absolute atomic E-state index is 13.1. The van der Waals surface area contributed by atoms with E-state index in [1.807, 2.05) is 0 Å². The third-order valence-electron chi connectivity index (χ3n) is 8.05. The molecule has 0 aromatic carbocycles. The third kappa shape index (κ3) is 3.25. The van der Waals surface area contributed by atoms with E-state index in [-0.39, 0.29) is 11.9 Å². The van der Waals surface area contributed by atoms with Gasteiger partial charge in [0.05, 0.1) is 13.2 Å². The van der Waals surface area contributed by atoms with Crippen molar-refractivity contribution in [2.45, 2.75) is 69.9 Å². The van der Waals surface area contributed by atoms with Gasteiger partial charge in [0, 0.05) is 19.1 Å². The molecule has 5 aliphatic carbocycles. The summed E-state index contributed by atoms with van der Waals surface area (Å²) in [7, 11) is 0. The lowest BCUT2D eigenvalue weighted by atomic mass is 9.54. The van der Waals surface area contributed by atoms with Crippen molar-refractivity contribution in [3.8, 4) is 0 Å². The Bertz CT molecular complexity index is 474. The molecule has 1 N–H and O–H groups in total. The molecule has 1 aliphatic heterocycles. The van der Waals surface area contributed by atoms with Gasteiger partial charge >= 0.3 is 0 Å². The fraction of sp³-hybridized carbons (Fsp3) is 0.952. The second-order valence-corrected chi connectivity index (χ2v) is 9.70. The number of ether oxygens (including phenoxy) is 1. The molecule has 0 aromatic heterocycles. The number of nitrogens with one attached hydrogen (secondary N) is 1. The van der Waals surface area contributed by atoms with Crippen LogP contribution in [0.1, 0.15) is 57.8 Å². The van der Waals surface area contributed by atoms with Gasteiger partial charge in [0.2, 0.25) is 5.91 Å². The molecule has 5 saturated carbocycles. The van der Waals surface area contributed by atoms with Crippen LogP contribution in [0.5, 0.6) is 0 Å². The van der Waals surface area contributed by atoms with Gasteiger partial charge < -0.3 is 10.1 Å². The van der Waals surface area contributed by atoms with Crippen molar-refractivity contribution in [2.75, 3.05) is 26.3 Å². The van der Waals surface area contributed by atoms with E-state index in [0.717, 1.165) is 49.3 Å². The second kappa shape index (κ2) is 6.84. The molecule has 0 radical (unpaired) electrons. The number of nitrogens with zero attached hydrogens (tertiary/aromatic N) is 1. The van der Waals surface area contributed by atoms with Crippen molar-refractivity contribution >= 4 is 5.91 Å². The highest BCUT2D eigenvalue weighted by Gasteiger charge is 2.49. The van der Waals surface area contributed by atoms with Crippen LogP contribution >= 0.6 is 0 Å². The molecule has 6 rings (SSSR count). The van der Waals surface area contributed by atoms with Gasteiger partial charge in [-0.05, 0) is 74.5 Å². The first-order chi connectivity index (χ1) is 12.3. The summed E-state index contributed by atoms with van der Waals surface area (Å²) >= 11 is 0. The molecule has 4 heteroatoms. The van der Waals surface area contributed by atoms with Gasteiger partial charge in [-0.1, -0.05) is 12.8 Å². The SMILES string of the molecule is O=C(NC1C2CC3CC(C2)CC1C3)[C@H]1COCCN1CC1CCCC1. The summed E-state index contributed by atoms with van der Waals surface area (Å²) in [6, 6.07) is 0.405. The van der Waals surface area contributed by atoms with Crippen molar-refractivity contribution in [3.63, 3.8) is 0 Å². The van der Waals surface area contributed by atoms with Crippen LogP contribution in [0.3, 0.4) is 0 Å². The van der Waals surface area contributed by atoms with Crippen molar-refractivity contribution in [1.29, 1.82) is 0 Å². The van der Waals surface area contributed by atoms with Gasteiger partial charge in [-0.2, -0.15) is 0 Å². The van der Waals surface area contributed by atoms with E-state index in [1.54, 1.807) is 0 Å². The molecule has 0 spiro atoms. The molecular formula is C21H34N2O2. The predicted octanol–water partition coefficient (Wildman–Crippen LogP) is 2.82. The summed E-state index contributed by atoms with van der Waals surface area (Å²) in [5.41, 5.74) is 0. The molecule has 1 atom stereocenters. The van der Waals surface area contributed by atoms with Crippen LogP contribution in [-0.2, 0) is 9.53 Å². The van der Waals surface area contributed by atoms with E-state index in [4.69, 9.17) is 4.74 Å². The molecule has 6 fully saturated rings. The van der Waals surface area contributed by atoms with Crippen LogP contribution in [0.15, 0.2) is 0 Å². The highest BCUT2D eigenvalue weighted by Crippen LogP contribution is 2.53. The average Bonchev–Trinajstić information content (AvgIpc) is 3.11. The summed E-state index contributed by atoms with van der Waals surface area (Å²) in [4.78, 5) is 15.6. The van der Waals surface area contributed by atoms with E-state index in [0.29, 0.717) is 12.6 Å². The minimum Gasteiger partial charge on any atom is -0.378 e. The number of amides is 1. The van der Waals surface area contributed by atoms with Gasteiger partial charge in [0.15, 0.2) is 0 Å². The zero-order chi connectivity index (χ0) is 16.8. The van der Waals surface area contributed by atoms with Gasteiger partial charge in [-0.3, -0.25) is 9.69 Å². The molecule has 1 amide bonds. The fourth-order valence-corrected chi connectivity index (χ4v) is 7.04. The zero-order valence-electron chi connectivity index (χ0n) is 15.5. The smallest absolute Gasteiger partial charge is 0.239 e. The van der Waals surface area contributed by atoms with Gasteiger partial charge in [-0.25, -0.2) is 0 Å². The maximum Gasteiger partial charge on any atom is 0.239 e. The Morgan fingerprint density at radius 3 is 2.36 bits per heavy atom. The number of hydrogen-bond donors (Lipinski definition) is 1. The molecule has 6 aliphatic rings. The number of carbonyl (C=O) groups is 1. The first-order valence-electron chi connectivity index (χ1n) is 10.9.